The molecular weight excluding hydrogens is 376 g/mol. The summed E-state index contributed by atoms with van der Waals surface area (Å²) in [6.07, 6.45) is 0. The molecule has 4 aromatic rings. The summed E-state index contributed by atoms with van der Waals surface area (Å²) in [5.41, 5.74) is 4.30. The van der Waals surface area contributed by atoms with Gasteiger partial charge >= 0.3 is 0 Å². The number of ether oxygens (including phenoxy) is 1. The first kappa shape index (κ1) is 18.1. The molecule has 0 spiro atoms. The van der Waals surface area contributed by atoms with Crippen molar-refractivity contribution in [1.29, 1.82) is 0 Å². The molecule has 28 heavy (non-hydrogen) atoms. The van der Waals surface area contributed by atoms with Gasteiger partial charge in [-0.05, 0) is 55.5 Å². The lowest BCUT2D eigenvalue weighted by molar-refractivity contribution is 0.102. The van der Waals surface area contributed by atoms with Gasteiger partial charge in [0.05, 0.1) is 12.7 Å². The van der Waals surface area contributed by atoms with Crippen LogP contribution in [0.4, 0.5) is 5.69 Å². The van der Waals surface area contributed by atoms with Crippen molar-refractivity contribution in [3.8, 4) is 17.2 Å². The van der Waals surface area contributed by atoms with Crippen LogP contribution in [-0.4, -0.2) is 18.0 Å². The van der Waals surface area contributed by atoms with E-state index in [1.807, 2.05) is 31.2 Å². The Morgan fingerprint density at radius 1 is 1.11 bits per heavy atom. The Morgan fingerprint density at radius 2 is 1.96 bits per heavy atom. The number of halogens is 1. The maximum absolute atomic E-state index is 12.7. The smallest absolute Gasteiger partial charge is 0.259 e. The van der Waals surface area contributed by atoms with Crippen LogP contribution in [0.3, 0.4) is 0 Å². The number of fused-ring (bicyclic) bond motifs is 1. The van der Waals surface area contributed by atoms with Crippen molar-refractivity contribution in [2.45, 2.75) is 6.92 Å². The van der Waals surface area contributed by atoms with E-state index in [1.165, 1.54) is 7.11 Å². The maximum Gasteiger partial charge on any atom is 0.259 e. The molecule has 6 heteroatoms. The number of carbonyl (C=O) groups excluding carboxylic acids is 1. The Bertz CT molecular complexity index is 1180. The summed E-state index contributed by atoms with van der Waals surface area (Å²) in [5.74, 6) is 0.672. The summed E-state index contributed by atoms with van der Waals surface area (Å²) < 4.78 is 11.1. The highest BCUT2D eigenvalue weighted by atomic mass is 35.5. The molecule has 0 aliphatic rings. The molecule has 0 aliphatic carbocycles. The number of rotatable bonds is 4. The minimum atomic E-state index is -0.318. The molecule has 3 aromatic carbocycles. The van der Waals surface area contributed by atoms with Gasteiger partial charge in [-0.3, -0.25) is 4.79 Å². The standard InChI is InChI=1S/C22H17ClN2O3/c1-13-4-3-5-14(10-13)22-25-18-12-16(7-9-20(18)28-22)24-21(26)17-11-15(23)6-8-19(17)27-2/h3-12H,1-2H3,(H,24,26). The van der Waals surface area contributed by atoms with Crippen LogP contribution in [0.15, 0.2) is 65.1 Å². The lowest BCUT2D eigenvalue weighted by atomic mass is 10.1. The van der Waals surface area contributed by atoms with Crippen LogP contribution in [0.25, 0.3) is 22.6 Å². The predicted octanol–water partition coefficient (Wildman–Crippen LogP) is 5.72. The minimum Gasteiger partial charge on any atom is -0.496 e. The number of methoxy groups -OCH3 is 1. The lowest BCUT2D eigenvalue weighted by Crippen LogP contribution is -2.13. The zero-order valence-electron chi connectivity index (χ0n) is 15.3. The number of anilines is 1. The molecule has 0 unspecified atom stereocenters. The van der Waals surface area contributed by atoms with Crippen molar-refractivity contribution < 1.29 is 13.9 Å². The summed E-state index contributed by atoms with van der Waals surface area (Å²) in [7, 11) is 1.51. The molecular formula is C22H17ClN2O3. The van der Waals surface area contributed by atoms with Crippen LogP contribution in [0.1, 0.15) is 15.9 Å². The molecule has 140 valence electrons. The Kier molecular flexibility index (Phi) is 4.75. The third kappa shape index (κ3) is 3.57. The molecule has 4 rings (SSSR count). The van der Waals surface area contributed by atoms with Gasteiger partial charge in [-0.15, -0.1) is 0 Å². The fourth-order valence-corrected chi connectivity index (χ4v) is 3.13. The highest BCUT2D eigenvalue weighted by molar-refractivity contribution is 6.31. The van der Waals surface area contributed by atoms with Crippen molar-refractivity contribution in [2.24, 2.45) is 0 Å². The molecule has 0 fully saturated rings. The average Bonchev–Trinajstić information content (AvgIpc) is 3.11. The van der Waals surface area contributed by atoms with Crippen molar-refractivity contribution in [3.63, 3.8) is 0 Å². The van der Waals surface area contributed by atoms with E-state index in [-0.39, 0.29) is 5.91 Å². The monoisotopic (exact) mass is 392 g/mol. The molecule has 5 nitrogen and oxygen atoms in total. The molecule has 1 amide bonds. The molecule has 0 atom stereocenters. The molecule has 0 saturated heterocycles. The van der Waals surface area contributed by atoms with Crippen LogP contribution in [-0.2, 0) is 0 Å². The number of carbonyl (C=O) groups is 1. The summed E-state index contributed by atoms with van der Waals surface area (Å²) in [5, 5.41) is 3.31. The summed E-state index contributed by atoms with van der Waals surface area (Å²) in [6, 6.07) is 18.2. The highest BCUT2D eigenvalue weighted by Gasteiger charge is 2.15. The molecule has 0 bridgehead atoms. The SMILES string of the molecule is COc1ccc(Cl)cc1C(=O)Nc1ccc2oc(-c3cccc(C)c3)nc2c1. The zero-order valence-corrected chi connectivity index (χ0v) is 16.1. The molecule has 1 aromatic heterocycles. The number of hydrogen-bond acceptors (Lipinski definition) is 4. The summed E-state index contributed by atoms with van der Waals surface area (Å²) >= 11 is 6.01. The second-order valence-corrected chi connectivity index (χ2v) is 6.81. The topological polar surface area (TPSA) is 64.4 Å². The van der Waals surface area contributed by atoms with Gasteiger partial charge in [-0.25, -0.2) is 4.98 Å². The minimum absolute atomic E-state index is 0.318. The van der Waals surface area contributed by atoms with Gasteiger partial charge in [0.15, 0.2) is 5.58 Å². The van der Waals surface area contributed by atoms with Crippen molar-refractivity contribution >= 4 is 34.3 Å². The van der Waals surface area contributed by atoms with Crippen molar-refractivity contribution in [1.82, 2.24) is 4.98 Å². The van der Waals surface area contributed by atoms with Crippen LogP contribution in [0.2, 0.25) is 5.02 Å². The number of nitrogens with zero attached hydrogens (tertiary/aromatic N) is 1. The largest absolute Gasteiger partial charge is 0.496 e. The fraction of sp³-hybridized carbons (Fsp3) is 0.0909. The fourth-order valence-electron chi connectivity index (χ4n) is 2.96. The number of benzene rings is 3. The van der Waals surface area contributed by atoms with E-state index in [1.54, 1.807) is 36.4 Å². The van der Waals surface area contributed by atoms with E-state index in [0.29, 0.717) is 39.0 Å². The van der Waals surface area contributed by atoms with Gasteiger partial charge in [0, 0.05) is 16.3 Å². The van der Waals surface area contributed by atoms with Crippen molar-refractivity contribution in [3.05, 3.63) is 76.8 Å². The molecule has 0 saturated carbocycles. The number of aromatic nitrogens is 1. The van der Waals surface area contributed by atoms with Gasteiger partial charge in [-0.2, -0.15) is 0 Å². The van der Waals surface area contributed by atoms with E-state index < -0.39 is 0 Å². The third-order valence-corrected chi connectivity index (χ3v) is 4.55. The van der Waals surface area contributed by atoms with E-state index in [9.17, 15) is 4.79 Å². The number of amides is 1. The first-order valence-corrected chi connectivity index (χ1v) is 9.04. The zero-order chi connectivity index (χ0) is 19.7. The van der Waals surface area contributed by atoms with Gasteiger partial charge in [0.25, 0.3) is 5.91 Å². The van der Waals surface area contributed by atoms with E-state index in [4.69, 9.17) is 20.8 Å². The average molecular weight is 393 g/mol. The summed E-state index contributed by atoms with van der Waals surface area (Å²) in [6.45, 7) is 2.02. The van der Waals surface area contributed by atoms with Crippen LogP contribution < -0.4 is 10.1 Å². The maximum atomic E-state index is 12.7. The van der Waals surface area contributed by atoms with Crippen LogP contribution >= 0.6 is 11.6 Å². The number of nitrogens with one attached hydrogen (secondary N) is 1. The highest BCUT2D eigenvalue weighted by Crippen LogP contribution is 2.28. The second kappa shape index (κ2) is 7.37. The Hall–Kier alpha value is -3.31. The first-order valence-electron chi connectivity index (χ1n) is 8.66. The number of hydrogen-bond donors (Lipinski definition) is 1. The predicted molar refractivity (Wildman–Crippen MR) is 110 cm³/mol. The van der Waals surface area contributed by atoms with Gasteiger partial charge < -0.3 is 14.5 Å². The molecule has 0 radical (unpaired) electrons. The Balaban J connectivity index is 1.63. The first-order chi connectivity index (χ1) is 13.5. The van der Waals surface area contributed by atoms with Crippen LogP contribution in [0, 0.1) is 6.92 Å². The van der Waals surface area contributed by atoms with E-state index in [2.05, 4.69) is 10.3 Å². The quantitative estimate of drug-likeness (QED) is 0.482. The van der Waals surface area contributed by atoms with E-state index >= 15 is 0 Å². The summed E-state index contributed by atoms with van der Waals surface area (Å²) in [4.78, 5) is 17.2. The third-order valence-electron chi connectivity index (χ3n) is 4.32. The number of oxazole rings is 1. The second-order valence-electron chi connectivity index (χ2n) is 6.37. The lowest BCUT2D eigenvalue weighted by Gasteiger charge is -2.09. The van der Waals surface area contributed by atoms with Gasteiger partial charge in [0.2, 0.25) is 5.89 Å². The molecule has 0 aliphatic heterocycles. The Morgan fingerprint density at radius 3 is 2.75 bits per heavy atom. The van der Waals surface area contributed by atoms with Crippen molar-refractivity contribution in [2.75, 3.05) is 12.4 Å². The normalized spacial score (nSPS) is 10.8. The van der Waals surface area contributed by atoms with E-state index in [0.717, 1.165) is 11.1 Å². The Labute approximate surface area is 166 Å². The van der Waals surface area contributed by atoms with Crippen LogP contribution in [0.5, 0.6) is 5.75 Å². The number of aryl methyl sites for hydroxylation is 1. The molecule has 1 heterocycles. The van der Waals surface area contributed by atoms with Gasteiger partial charge in [-0.1, -0.05) is 29.3 Å². The molecule has 1 N–H and O–H groups in total. The van der Waals surface area contributed by atoms with Gasteiger partial charge in [0.1, 0.15) is 11.3 Å².